The van der Waals surface area contributed by atoms with Gasteiger partial charge in [-0.05, 0) is 35.9 Å². The summed E-state index contributed by atoms with van der Waals surface area (Å²) in [5, 5.41) is 6.06. The topological polar surface area (TPSA) is 126 Å². The van der Waals surface area contributed by atoms with Crippen LogP contribution in [0.5, 0.6) is 11.5 Å². The minimum absolute atomic E-state index is 0.0964. The molecule has 1 atom stereocenters. The van der Waals surface area contributed by atoms with Gasteiger partial charge in [0.2, 0.25) is 5.91 Å². The molecule has 208 valence electrons. The fourth-order valence-electron chi connectivity index (χ4n) is 4.22. The molecule has 11 heteroatoms. The zero-order valence-electron chi connectivity index (χ0n) is 22.3. The number of rotatable bonds is 10. The molecule has 1 unspecified atom stereocenters. The number of methoxy groups -OCH3 is 2. The molecule has 41 heavy (non-hydrogen) atoms. The first-order valence-electron chi connectivity index (χ1n) is 12.6. The number of para-hydroxylation sites is 2. The minimum Gasteiger partial charge on any atom is -0.497 e. The Hall–Kier alpha value is -5.00. The normalized spacial score (nSPS) is 11.5. The van der Waals surface area contributed by atoms with Gasteiger partial charge in [-0.2, -0.15) is 0 Å². The van der Waals surface area contributed by atoms with Crippen molar-refractivity contribution in [1.82, 2.24) is 9.97 Å². The fraction of sp³-hybridized carbons (Fsp3) is 0.100. The number of carbonyl (C=O) groups is 1. The Morgan fingerprint density at radius 1 is 0.829 bits per heavy atom. The van der Waals surface area contributed by atoms with Crippen LogP contribution in [0.15, 0.2) is 97.1 Å². The van der Waals surface area contributed by atoms with Gasteiger partial charge in [0.05, 0.1) is 37.4 Å². The molecular formula is C30H27N5O5S. The van der Waals surface area contributed by atoms with Crippen molar-refractivity contribution in [3.8, 4) is 11.5 Å². The molecule has 4 aromatic carbocycles. The van der Waals surface area contributed by atoms with Crippen molar-refractivity contribution in [3.05, 3.63) is 103 Å². The average molecular weight is 570 g/mol. The molecule has 3 N–H and O–H groups in total. The standard InChI is InChI=1S/C30H27N5O5S/c1-39-24-17-22(18-25(19-24)40-2)32-29-30(34-27-14-7-6-13-26(27)33-29)35(41(37)38)23-12-8-11-21(16-23)31-28(36)15-20-9-4-3-5-10-20/h3-14,16-19H,15H2,1-2H3,(H,31,36)(H,32,33)(H,37,38). The van der Waals surface area contributed by atoms with E-state index in [1.807, 2.05) is 42.5 Å². The highest BCUT2D eigenvalue weighted by Gasteiger charge is 2.23. The number of nitrogens with zero attached hydrogens (tertiary/aromatic N) is 3. The molecule has 0 spiro atoms. The Bertz CT molecular complexity index is 1690. The van der Waals surface area contributed by atoms with Crippen LogP contribution in [0.3, 0.4) is 0 Å². The van der Waals surface area contributed by atoms with Crippen molar-refractivity contribution in [2.45, 2.75) is 6.42 Å². The third kappa shape index (κ3) is 6.60. The largest absolute Gasteiger partial charge is 0.497 e. The minimum atomic E-state index is -2.55. The lowest BCUT2D eigenvalue weighted by Crippen LogP contribution is -2.22. The number of ether oxygens (including phenoxy) is 2. The van der Waals surface area contributed by atoms with Crippen molar-refractivity contribution < 1.29 is 23.0 Å². The highest BCUT2D eigenvalue weighted by atomic mass is 32.2. The summed E-state index contributed by atoms with van der Waals surface area (Å²) in [6.45, 7) is 0. The van der Waals surface area contributed by atoms with Crippen molar-refractivity contribution >= 4 is 56.9 Å². The molecule has 1 amide bonds. The molecule has 0 bridgehead atoms. The molecule has 10 nitrogen and oxygen atoms in total. The summed E-state index contributed by atoms with van der Waals surface area (Å²) >= 11 is -2.55. The average Bonchev–Trinajstić information content (AvgIpc) is 2.97. The van der Waals surface area contributed by atoms with E-state index in [2.05, 4.69) is 10.6 Å². The van der Waals surface area contributed by atoms with E-state index >= 15 is 0 Å². The highest BCUT2D eigenvalue weighted by molar-refractivity contribution is 7.81. The molecule has 0 saturated heterocycles. The predicted octanol–water partition coefficient (Wildman–Crippen LogP) is 5.85. The van der Waals surface area contributed by atoms with Crippen LogP contribution < -0.4 is 24.4 Å². The lowest BCUT2D eigenvalue weighted by Gasteiger charge is -2.23. The first kappa shape index (κ1) is 27.6. The van der Waals surface area contributed by atoms with E-state index in [1.54, 1.807) is 68.8 Å². The predicted molar refractivity (Wildman–Crippen MR) is 160 cm³/mol. The van der Waals surface area contributed by atoms with Gasteiger partial charge in [0.15, 0.2) is 11.6 Å². The van der Waals surface area contributed by atoms with Crippen LogP contribution in [-0.2, 0) is 22.5 Å². The van der Waals surface area contributed by atoms with Gasteiger partial charge >= 0.3 is 0 Å². The van der Waals surface area contributed by atoms with Gasteiger partial charge in [-0.15, -0.1) is 0 Å². The fourth-order valence-corrected chi connectivity index (χ4v) is 4.78. The van der Waals surface area contributed by atoms with Crippen LogP contribution in [0.2, 0.25) is 0 Å². The number of anilines is 5. The smallest absolute Gasteiger partial charge is 0.268 e. The van der Waals surface area contributed by atoms with Crippen LogP contribution in [0.4, 0.5) is 28.7 Å². The van der Waals surface area contributed by atoms with Gasteiger partial charge in [-0.25, -0.2) is 18.5 Å². The Morgan fingerprint density at radius 2 is 1.49 bits per heavy atom. The molecule has 1 heterocycles. The SMILES string of the molecule is COc1cc(Nc2nc3ccccc3nc2N(c2cccc(NC(=O)Cc3ccccc3)c2)S(=O)O)cc(OC)c1. The maximum Gasteiger partial charge on any atom is 0.268 e. The summed E-state index contributed by atoms with van der Waals surface area (Å²) in [5.74, 6) is 1.19. The van der Waals surface area contributed by atoms with Crippen LogP contribution >= 0.6 is 0 Å². The number of nitrogens with one attached hydrogen (secondary N) is 2. The number of hydrogen-bond donors (Lipinski definition) is 3. The Balaban J connectivity index is 1.53. The quantitative estimate of drug-likeness (QED) is 0.179. The van der Waals surface area contributed by atoms with Crippen LogP contribution in [0.25, 0.3) is 11.0 Å². The van der Waals surface area contributed by atoms with Gasteiger partial charge in [0, 0.05) is 29.6 Å². The number of aromatic nitrogens is 2. The third-order valence-corrected chi connectivity index (χ3v) is 6.78. The van der Waals surface area contributed by atoms with E-state index in [4.69, 9.17) is 19.4 Å². The van der Waals surface area contributed by atoms with Crippen molar-refractivity contribution in [2.75, 3.05) is 29.2 Å². The number of amides is 1. The second-order valence-electron chi connectivity index (χ2n) is 8.90. The van der Waals surface area contributed by atoms with E-state index in [0.717, 1.165) is 9.87 Å². The van der Waals surface area contributed by atoms with Gasteiger partial charge in [-0.1, -0.05) is 48.5 Å². The van der Waals surface area contributed by atoms with E-state index in [-0.39, 0.29) is 24.0 Å². The van der Waals surface area contributed by atoms with Gasteiger partial charge in [-0.3, -0.25) is 9.35 Å². The molecule has 0 aliphatic heterocycles. The van der Waals surface area contributed by atoms with Gasteiger partial charge in [0.1, 0.15) is 11.5 Å². The first-order valence-corrected chi connectivity index (χ1v) is 13.6. The van der Waals surface area contributed by atoms with E-state index in [0.29, 0.717) is 39.6 Å². The van der Waals surface area contributed by atoms with Crippen LogP contribution in [-0.4, -0.2) is 38.9 Å². The van der Waals surface area contributed by atoms with Crippen molar-refractivity contribution in [2.24, 2.45) is 0 Å². The zero-order valence-corrected chi connectivity index (χ0v) is 23.1. The Kier molecular flexibility index (Phi) is 8.37. The van der Waals surface area contributed by atoms with E-state index in [9.17, 15) is 13.6 Å². The monoisotopic (exact) mass is 569 g/mol. The Morgan fingerprint density at radius 3 is 2.15 bits per heavy atom. The molecule has 0 radical (unpaired) electrons. The molecule has 0 aliphatic rings. The van der Waals surface area contributed by atoms with Crippen molar-refractivity contribution in [1.29, 1.82) is 0 Å². The third-order valence-electron chi connectivity index (χ3n) is 6.09. The van der Waals surface area contributed by atoms with Crippen LogP contribution in [0.1, 0.15) is 5.56 Å². The molecule has 0 aliphatic carbocycles. The maximum atomic E-state index is 12.8. The molecule has 0 saturated carbocycles. The summed E-state index contributed by atoms with van der Waals surface area (Å²) in [4.78, 5) is 22.1. The second-order valence-corrected chi connectivity index (χ2v) is 9.72. The van der Waals surface area contributed by atoms with E-state index < -0.39 is 11.3 Å². The summed E-state index contributed by atoms with van der Waals surface area (Å²) in [5.41, 5.74) is 3.32. The summed E-state index contributed by atoms with van der Waals surface area (Å²) in [7, 11) is 3.09. The molecular weight excluding hydrogens is 542 g/mol. The molecule has 5 rings (SSSR count). The van der Waals surface area contributed by atoms with Crippen molar-refractivity contribution in [3.63, 3.8) is 0 Å². The molecule has 0 fully saturated rings. The maximum absolute atomic E-state index is 12.8. The highest BCUT2D eigenvalue weighted by Crippen LogP contribution is 2.36. The lowest BCUT2D eigenvalue weighted by molar-refractivity contribution is -0.115. The number of fused-ring (bicyclic) bond motifs is 1. The number of hydrogen-bond acceptors (Lipinski definition) is 7. The number of carbonyl (C=O) groups excluding carboxylic acids is 1. The zero-order chi connectivity index (χ0) is 28.8. The van der Waals surface area contributed by atoms with Gasteiger partial charge in [0.25, 0.3) is 11.3 Å². The first-order chi connectivity index (χ1) is 19.9. The Labute approximate surface area is 239 Å². The van der Waals surface area contributed by atoms with Gasteiger partial charge < -0.3 is 20.1 Å². The summed E-state index contributed by atoms with van der Waals surface area (Å²) in [6, 6.07) is 28.4. The molecule has 5 aromatic rings. The number of benzene rings is 4. The molecule has 1 aromatic heterocycles. The summed E-state index contributed by atoms with van der Waals surface area (Å²) < 4.78 is 35.2. The second kappa shape index (κ2) is 12.5. The lowest BCUT2D eigenvalue weighted by atomic mass is 10.1. The summed E-state index contributed by atoms with van der Waals surface area (Å²) in [6.07, 6.45) is 0.189. The van der Waals surface area contributed by atoms with Crippen LogP contribution in [0, 0.1) is 0 Å². The van der Waals surface area contributed by atoms with E-state index in [1.165, 1.54) is 0 Å².